The van der Waals surface area contributed by atoms with Gasteiger partial charge in [-0.2, -0.15) is 0 Å². The SMILES string of the molecule is CC(=O)N[C@@H](C(=O)CC(N)=O)[C@@H](O[C@@H](C)C(=O)N[C@H](CCC(=O)O)C(N)=O)[C@H](O)[C@H](O)CO. The maximum Gasteiger partial charge on any atom is 0.303 e. The van der Waals surface area contributed by atoms with Crippen molar-refractivity contribution in [2.75, 3.05) is 6.61 Å². The molecule has 0 heterocycles. The Labute approximate surface area is 188 Å². The molecule has 0 aliphatic carbocycles. The molecule has 0 aromatic rings. The Bertz CT molecular complexity index is 745. The van der Waals surface area contributed by atoms with Crippen molar-refractivity contribution in [1.82, 2.24) is 10.6 Å². The first-order valence-electron chi connectivity index (χ1n) is 9.73. The van der Waals surface area contributed by atoms with Crippen molar-refractivity contribution >= 4 is 35.4 Å². The van der Waals surface area contributed by atoms with Crippen LogP contribution in [0, 0.1) is 0 Å². The number of primary amides is 2. The molecule has 6 atom stereocenters. The summed E-state index contributed by atoms with van der Waals surface area (Å²) in [6.07, 6.45) is -9.01. The van der Waals surface area contributed by atoms with Crippen LogP contribution >= 0.6 is 0 Å². The molecular weight excluding hydrogens is 448 g/mol. The number of amides is 4. The molecule has 0 aromatic heterocycles. The molecule has 0 unspecified atom stereocenters. The van der Waals surface area contributed by atoms with E-state index in [2.05, 4.69) is 10.6 Å². The third-order valence-electron chi connectivity index (χ3n) is 4.34. The lowest BCUT2D eigenvalue weighted by atomic mass is 9.95. The van der Waals surface area contributed by atoms with Crippen LogP contribution in [-0.2, 0) is 33.5 Å². The molecule has 0 spiro atoms. The monoisotopic (exact) mass is 478 g/mol. The highest BCUT2D eigenvalue weighted by Gasteiger charge is 2.40. The normalized spacial score (nSPS) is 16.4. The second-order valence-electron chi connectivity index (χ2n) is 7.17. The molecule has 0 saturated heterocycles. The number of carboxylic acids is 1. The van der Waals surface area contributed by atoms with Gasteiger partial charge in [-0.25, -0.2) is 0 Å². The van der Waals surface area contributed by atoms with Crippen LogP contribution in [0.4, 0.5) is 0 Å². The Morgan fingerprint density at radius 1 is 1.03 bits per heavy atom. The summed E-state index contributed by atoms with van der Waals surface area (Å²) in [4.78, 5) is 69.8. The fourth-order valence-corrected chi connectivity index (χ4v) is 2.67. The molecule has 0 rings (SSSR count). The van der Waals surface area contributed by atoms with Crippen LogP contribution in [0.1, 0.15) is 33.1 Å². The smallest absolute Gasteiger partial charge is 0.303 e. The Kier molecular flexibility index (Phi) is 12.8. The molecule has 0 aromatic carbocycles. The number of Topliss-reactive ketones (excluding diaryl/α,β-unsaturated/α-hetero) is 1. The number of aliphatic carboxylic acids is 1. The molecule has 0 aliphatic heterocycles. The highest BCUT2D eigenvalue weighted by Crippen LogP contribution is 2.15. The molecule has 0 radical (unpaired) electrons. The summed E-state index contributed by atoms with van der Waals surface area (Å²) in [6, 6.07) is -3.14. The van der Waals surface area contributed by atoms with Gasteiger partial charge in [-0.3, -0.25) is 28.8 Å². The Morgan fingerprint density at radius 2 is 1.61 bits per heavy atom. The van der Waals surface area contributed by atoms with E-state index in [0.717, 1.165) is 13.8 Å². The van der Waals surface area contributed by atoms with Gasteiger partial charge in [0.15, 0.2) is 5.78 Å². The zero-order valence-corrected chi connectivity index (χ0v) is 18.1. The number of hydrogen-bond acceptors (Lipinski definition) is 10. The van der Waals surface area contributed by atoms with Crippen molar-refractivity contribution in [3.63, 3.8) is 0 Å². The van der Waals surface area contributed by atoms with Crippen LogP contribution in [0.3, 0.4) is 0 Å². The van der Waals surface area contributed by atoms with E-state index in [1.165, 1.54) is 0 Å². The molecule has 15 heteroatoms. The molecule has 33 heavy (non-hydrogen) atoms. The lowest BCUT2D eigenvalue weighted by Gasteiger charge is -2.34. The van der Waals surface area contributed by atoms with E-state index >= 15 is 0 Å². The van der Waals surface area contributed by atoms with Crippen molar-refractivity contribution in [2.24, 2.45) is 11.5 Å². The van der Waals surface area contributed by atoms with Gasteiger partial charge in [0.1, 0.15) is 36.5 Å². The van der Waals surface area contributed by atoms with E-state index in [9.17, 15) is 39.0 Å². The highest BCUT2D eigenvalue weighted by molar-refractivity contribution is 6.01. The van der Waals surface area contributed by atoms with Gasteiger partial charge in [0.25, 0.3) is 0 Å². The summed E-state index contributed by atoms with van der Waals surface area (Å²) in [7, 11) is 0. The minimum absolute atomic E-state index is 0.329. The molecular formula is C18H30N4O11. The summed E-state index contributed by atoms with van der Waals surface area (Å²) in [5.74, 6) is -6.17. The first-order valence-corrected chi connectivity index (χ1v) is 9.73. The standard InChI is InChI=1S/C18H30N4O11/c1-7(18(32)22-9(17(20)31)3-4-13(28)29)33-16(15(30)11(26)6-23)14(21-8(2)24)10(25)5-12(19)27/h7,9,11,14-16,23,26,30H,3-6H2,1-2H3,(H2,19,27)(H2,20,31)(H,21,24)(H,22,32)(H,28,29)/t7-,9+,11+,14-,15+,16+/m0/s1. The van der Waals surface area contributed by atoms with Crippen molar-refractivity contribution in [3.05, 3.63) is 0 Å². The Morgan fingerprint density at radius 3 is 2.03 bits per heavy atom. The van der Waals surface area contributed by atoms with Crippen LogP contribution in [0.2, 0.25) is 0 Å². The minimum Gasteiger partial charge on any atom is -0.481 e. The van der Waals surface area contributed by atoms with Gasteiger partial charge in [-0.05, 0) is 13.3 Å². The number of nitrogens with two attached hydrogens (primary N) is 2. The van der Waals surface area contributed by atoms with Crippen LogP contribution in [-0.4, -0.2) is 98.9 Å². The van der Waals surface area contributed by atoms with Gasteiger partial charge < -0.3 is 47.3 Å². The zero-order valence-electron chi connectivity index (χ0n) is 18.1. The largest absolute Gasteiger partial charge is 0.481 e. The second-order valence-corrected chi connectivity index (χ2v) is 7.17. The first kappa shape index (κ1) is 29.9. The third-order valence-corrected chi connectivity index (χ3v) is 4.34. The van der Waals surface area contributed by atoms with E-state index in [0.29, 0.717) is 0 Å². The summed E-state index contributed by atoms with van der Waals surface area (Å²) in [5.41, 5.74) is 10.1. The van der Waals surface area contributed by atoms with Gasteiger partial charge in [-0.1, -0.05) is 0 Å². The molecule has 0 bridgehead atoms. The quantitative estimate of drug-likeness (QED) is 0.0975. The fourth-order valence-electron chi connectivity index (χ4n) is 2.67. The van der Waals surface area contributed by atoms with Crippen LogP contribution in [0.5, 0.6) is 0 Å². The summed E-state index contributed by atoms with van der Waals surface area (Å²) < 4.78 is 5.38. The van der Waals surface area contributed by atoms with Gasteiger partial charge in [-0.15, -0.1) is 0 Å². The summed E-state index contributed by atoms with van der Waals surface area (Å²) >= 11 is 0. The van der Waals surface area contributed by atoms with Gasteiger partial charge >= 0.3 is 5.97 Å². The molecule has 0 fully saturated rings. The number of nitrogens with one attached hydrogen (secondary N) is 2. The summed E-state index contributed by atoms with van der Waals surface area (Å²) in [5, 5.41) is 42.3. The van der Waals surface area contributed by atoms with Gasteiger partial charge in [0.05, 0.1) is 13.0 Å². The topological polar surface area (TPSA) is 269 Å². The second kappa shape index (κ2) is 14.1. The average molecular weight is 478 g/mol. The number of hydrogen-bond donors (Lipinski definition) is 8. The fraction of sp³-hybridized carbons (Fsp3) is 0.667. The number of carboxylic acid groups (broad SMARTS) is 1. The van der Waals surface area contributed by atoms with E-state index in [4.69, 9.17) is 26.4 Å². The lowest BCUT2D eigenvalue weighted by molar-refractivity contribution is -0.161. The van der Waals surface area contributed by atoms with E-state index in [-0.39, 0.29) is 6.42 Å². The number of rotatable bonds is 16. The maximum atomic E-state index is 12.5. The van der Waals surface area contributed by atoms with Crippen LogP contribution in [0.15, 0.2) is 0 Å². The maximum absolute atomic E-state index is 12.5. The third kappa shape index (κ3) is 10.8. The van der Waals surface area contributed by atoms with Crippen LogP contribution < -0.4 is 22.1 Å². The summed E-state index contributed by atoms with van der Waals surface area (Å²) in [6.45, 7) is 1.14. The van der Waals surface area contributed by atoms with Crippen molar-refractivity contribution in [3.8, 4) is 0 Å². The Hall–Kier alpha value is -3.14. The molecule has 4 amide bonds. The number of aliphatic hydroxyl groups excluding tert-OH is 3. The number of ether oxygens (including phenoxy) is 1. The van der Waals surface area contributed by atoms with Crippen molar-refractivity contribution in [2.45, 2.75) is 69.6 Å². The average Bonchev–Trinajstić information content (AvgIpc) is 2.70. The van der Waals surface area contributed by atoms with E-state index in [1.54, 1.807) is 0 Å². The molecule has 15 nitrogen and oxygen atoms in total. The number of carbonyl (C=O) groups is 6. The predicted molar refractivity (Wildman–Crippen MR) is 108 cm³/mol. The highest BCUT2D eigenvalue weighted by atomic mass is 16.5. The van der Waals surface area contributed by atoms with Crippen molar-refractivity contribution in [1.29, 1.82) is 0 Å². The minimum atomic E-state index is -2.03. The van der Waals surface area contributed by atoms with Gasteiger partial charge in [0.2, 0.25) is 23.6 Å². The molecule has 0 saturated carbocycles. The van der Waals surface area contributed by atoms with E-state index in [1.807, 2.05) is 0 Å². The van der Waals surface area contributed by atoms with Crippen LogP contribution in [0.25, 0.3) is 0 Å². The zero-order chi connectivity index (χ0) is 25.9. The number of ketones is 1. The number of carbonyl (C=O) groups excluding carboxylic acids is 5. The Balaban J connectivity index is 5.80. The molecule has 10 N–H and O–H groups in total. The predicted octanol–water partition coefficient (Wildman–Crippen LogP) is -4.74. The first-order chi connectivity index (χ1) is 15.2. The molecule has 0 aliphatic rings. The molecule has 188 valence electrons. The lowest BCUT2D eigenvalue weighted by Crippen LogP contribution is -2.59. The van der Waals surface area contributed by atoms with Gasteiger partial charge in [0, 0.05) is 13.3 Å². The van der Waals surface area contributed by atoms with E-state index < -0.39 is 91.3 Å². The van der Waals surface area contributed by atoms with Crippen molar-refractivity contribution < 1.29 is 53.9 Å². The number of aliphatic hydroxyl groups is 3.